The number of anilines is 3. The highest BCUT2D eigenvalue weighted by Crippen LogP contribution is 2.52. The van der Waals surface area contributed by atoms with Crippen molar-refractivity contribution in [2.75, 3.05) is 4.90 Å². The molecule has 8 aromatic rings. The summed E-state index contributed by atoms with van der Waals surface area (Å²) in [5.41, 5.74) is 19.3. The zero-order chi connectivity index (χ0) is 38.2. The normalized spacial score (nSPS) is 12.4. The summed E-state index contributed by atoms with van der Waals surface area (Å²) in [5.74, 6) is 0. The Balaban J connectivity index is 1.15. The summed E-state index contributed by atoms with van der Waals surface area (Å²) < 4.78 is 0. The predicted octanol–water partition coefficient (Wildman–Crippen LogP) is 15.7. The molecule has 0 N–H and O–H groups in total. The molecular weight excluding hydrogens is 663 g/mol. The van der Waals surface area contributed by atoms with Gasteiger partial charge < -0.3 is 4.90 Å². The van der Waals surface area contributed by atoms with Crippen LogP contribution >= 0.6 is 0 Å². The number of hydrogen-bond acceptors (Lipinski definition) is 1. The minimum atomic E-state index is 0.105. The monoisotopic (exact) mass is 711 g/mol. The van der Waals surface area contributed by atoms with Crippen molar-refractivity contribution in [1.82, 2.24) is 0 Å². The van der Waals surface area contributed by atoms with Crippen molar-refractivity contribution in [1.29, 1.82) is 0 Å². The highest BCUT2D eigenvalue weighted by atomic mass is 15.1. The van der Waals surface area contributed by atoms with E-state index in [1.165, 1.54) is 88.3 Å². The lowest BCUT2D eigenvalue weighted by atomic mass is 9.77. The molecule has 270 valence electrons. The summed E-state index contributed by atoms with van der Waals surface area (Å²) in [6.45, 7) is 18.0. The van der Waals surface area contributed by atoms with Crippen molar-refractivity contribution < 1.29 is 0 Å². The van der Waals surface area contributed by atoms with Crippen LogP contribution in [0.25, 0.3) is 66.1 Å². The third-order valence-electron chi connectivity index (χ3n) is 11.6. The molecule has 9 rings (SSSR count). The summed E-state index contributed by atoms with van der Waals surface area (Å²) in [7, 11) is 0. The van der Waals surface area contributed by atoms with Gasteiger partial charge in [-0.3, -0.25) is 0 Å². The van der Waals surface area contributed by atoms with Gasteiger partial charge in [0.05, 0.1) is 0 Å². The van der Waals surface area contributed by atoms with E-state index in [2.05, 4.69) is 212 Å². The lowest BCUT2D eigenvalue weighted by molar-refractivity contribution is 0.590. The third kappa shape index (κ3) is 6.32. The molecule has 0 saturated heterocycles. The molecule has 1 heteroatoms. The predicted molar refractivity (Wildman–Crippen MR) is 238 cm³/mol. The maximum atomic E-state index is 2.42. The molecule has 0 amide bonds. The zero-order valence-electron chi connectivity index (χ0n) is 33.4. The zero-order valence-corrected chi connectivity index (χ0v) is 33.4. The van der Waals surface area contributed by atoms with Gasteiger partial charge in [-0.25, -0.2) is 0 Å². The van der Waals surface area contributed by atoms with Crippen molar-refractivity contribution in [3.8, 4) is 44.5 Å². The fourth-order valence-electron chi connectivity index (χ4n) is 8.21. The third-order valence-corrected chi connectivity index (χ3v) is 11.6. The van der Waals surface area contributed by atoms with Gasteiger partial charge in [-0.1, -0.05) is 132 Å². The van der Waals surface area contributed by atoms with Crippen LogP contribution in [0.1, 0.15) is 63.8 Å². The number of hydrogen-bond donors (Lipinski definition) is 0. The Labute approximate surface area is 326 Å². The largest absolute Gasteiger partial charge is 0.310 e. The van der Waals surface area contributed by atoms with Crippen LogP contribution in [0.5, 0.6) is 0 Å². The molecule has 1 nitrogen and oxygen atoms in total. The average molecular weight is 712 g/mol. The molecule has 0 atom stereocenters. The fourth-order valence-corrected chi connectivity index (χ4v) is 8.21. The SMILES string of the molecule is Cc1ccc(N(c2ccc(C)cc2)c2ccc3cc4c(cc3c2)-c2cc3cc(-c5ccc(C(C)(C)C)cc5)c(-c5ccc(C(C)(C)C)cc5)cc3cc2-4)cc1. The molecular formula is C54H49N. The van der Waals surface area contributed by atoms with Crippen molar-refractivity contribution in [2.45, 2.75) is 66.2 Å². The molecule has 0 saturated carbocycles. The van der Waals surface area contributed by atoms with E-state index in [0.29, 0.717) is 0 Å². The summed E-state index contributed by atoms with van der Waals surface area (Å²) in [5, 5.41) is 5.05. The minimum Gasteiger partial charge on any atom is -0.310 e. The summed E-state index contributed by atoms with van der Waals surface area (Å²) >= 11 is 0. The van der Waals surface area contributed by atoms with Gasteiger partial charge in [-0.2, -0.15) is 0 Å². The second-order valence-corrected chi connectivity index (χ2v) is 17.7. The van der Waals surface area contributed by atoms with Crippen molar-refractivity contribution >= 4 is 38.6 Å². The standard InChI is InChI=1S/C54H49N/c1-34-9-22-44(23-10-34)55(45-24-11-35(2)12-25-45)46-26-17-38-28-49-50(31-39(38)27-46)52-33-41-30-48(37-15-20-43(21-16-37)54(6,7)8)47(29-40(41)32-51(49)52)36-13-18-42(19-14-36)53(3,4)5/h9-33H,1-8H3. The molecule has 1 aliphatic rings. The van der Waals surface area contributed by atoms with Gasteiger partial charge in [0, 0.05) is 17.1 Å². The van der Waals surface area contributed by atoms with Gasteiger partial charge in [-0.15, -0.1) is 0 Å². The molecule has 0 heterocycles. The summed E-state index contributed by atoms with van der Waals surface area (Å²) in [6.07, 6.45) is 0. The first-order chi connectivity index (χ1) is 26.3. The Kier molecular flexibility index (Phi) is 8.13. The first kappa shape index (κ1) is 34.8. The highest BCUT2D eigenvalue weighted by molar-refractivity contribution is 6.13. The van der Waals surface area contributed by atoms with E-state index in [1.54, 1.807) is 0 Å². The second kappa shape index (κ2) is 12.8. The van der Waals surface area contributed by atoms with Crippen LogP contribution in [0.15, 0.2) is 152 Å². The van der Waals surface area contributed by atoms with Crippen LogP contribution in [0, 0.1) is 13.8 Å². The maximum absolute atomic E-state index is 2.42. The molecule has 0 unspecified atom stereocenters. The van der Waals surface area contributed by atoms with Crippen LogP contribution in [0.4, 0.5) is 17.1 Å². The van der Waals surface area contributed by atoms with Crippen molar-refractivity contribution in [2.24, 2.45) is 0 Å². The Hall–Kier alpha value is -5.92. The van der Waals surface area contributed by atoms with E-state index in [1.807, 2.05) is 0 Å². The molecule has 0 bridgehead atoms. The van der Waals surface area contributed by atoms with Gasteiger partial charge >= 0.3 is 0 Å². The smallest absolute Gasteiger partial charge is 0.0468 e. The number of benzene rings is 8. The molecule has 0 aliphatic heterocycles. The molecule has 0 radical (unpaired) electrons. The van der Waals surface area contributed by atoms with E-state index in [9.17, 15) is 0 Å². The average Bonchev–Trinajstić information content (AvgIpc) is 3.17. The summed E-state index contributed by atoms with van der Waals surface area (Å²) in [4.78, 5) is 2.36. The highest BCUT2D eigenvalue weighted by Gasteiger charge is 2.25. The minimum absolute atomic E-state index is 0.105. The van der Waals surface area contributed by atoms with Crippen LogP contribution in [-0.4, -0.2) is 0 Å². The fraction of sp³-hybridized carbons (Fsp3) is 0.185. The molecule has 0 fully saturated rings. The van der Waals surface area contributed by atoms with E-state index in [-0.39, 0.29) is 10.8 Å². The number of rotatable bonds is 5. The Morgan fingerprint density at radius 1 is 0.309 bits per heavy atom. The lowest BCUT2D eigenvalue weighted by Crippen LogP contribution is -2.10. The number of nitrogens with zero attached hydrogens (tertiary/aromatic N) is 1. The molecule has 8 aromatic carbocycles. The Morgan fingerprint density at radius 2 is 0.636 bits per heavy atom. The molecule has 0 aromatic heterocycles. The van der Waals surface area contributed by atoms with E-state index >= 15 is 0 Å². The van der Waals surface area contributed by atoms with Crippen LogP contribution < -0.4 is 4.90 Å². The van der Waals surface area contributed by atoms with Gasteiger partial charge in [-0.05, 0) is 175 Å². The summed E-state index contributed by atoms with van der Waals surface area (Å²) in [6, 6.07) is 57.5. The maximum Gasteiger partial charge on any atom is 0.0468 e. The van der Waals surface area contributed by atoms with Gasteiger partial charge in [0.1, 0.15) is 0 Å². The van der Waals surface area contributed by atoms with Gasteiger partial charge in [0.25, 0.3) is 0 Å². The van der Waals surface area contributed by atoms with E-state index < -0.39 is 0 Å². The van der Waals surface area contributed by atoms with Crippen LogP contribution in [0.3, 0.4) is 0 Å². The molecule has 0 spiro atoms. The van der Waals surface area contributed by atoms with Gasteiger partial charge in [0.15, 0.2) is 0 Å². The first-order valence-corrected chi connectivity index (χ1v) is 19.7. The number of aryl methyl sites for hydroxylation is 2. The Morgan fingerprint density at radius 3 is 1.02 bits per heavy atom. The van der Waals surface area contributed by atoms with Gasteiger partial charge in [0.2, 0.25) is 0 Å². The van der Waals surface area contributed by atoms with Crippen LogP contribution in [-0.2, 0) is 10.8 Å². The quantitative estimate of drug-likeness (QED) is 0.172. The lowest BCUT2D eigenvalue weighted by Gasteiger charge is -2.28. The second-order valence-electron chi connectivity index (χ2n) is 17.7. The Bertz CT molecular complexity index is 2690. The molecule has 55 heavy (non-hydrogen) atoms. The number of fused-ring (bicyclic) bond motifs is 6. The molecule has 1 aliphatic carbocycles. The van der Waals surface area contributed by atoms with E-state index in [4.69, 9.17) is 0 Å². The first-order valence-electron chi connectivity index (χ1n) is 19.7. The van der Waals surface area contributed by atoms with Crippen molar-refractivity contribution in [3.05, 3.63) is 174 Å². The van der Waals surface area contributed by atoms with Crippen molar-refractivity contribution in [3.63, 3.8) is 0 Å². The van der Waals surface area contributed by atoms with Crippen LogP contribution in [0.2, 0.25) is 0 Å². The van der Waals surface area contributed by atoms with E-state index in [0.717, 1.165) is 17.1 Å². The topological polar surface area (TPSA) is 3.24 Å².